The van der Waals surface area contributed by atoms with Gasteiger partial charge in [-0.2, -0.15) is 0 Å². The molecule has 0 unspecified atom stereocenters. The number of anilines is 1. The summed E-state index contributed by atoms with van der Waals surface area (Å²) < 4.78 is 11.3. The van der Waals surface area contributed by atoms with Crippen molar-refractivity contribution in [2.45, 2.75) is 12.8 Å². The first-order valence-electron chi connectivity index (χ1n) is 9.32. The van der Waals surface area contributed by atoms with E-state index in [0.29, 0.717) is 23.4 Å². The Kier molecular flexibility index (Phi) is 4.84. The Hall–Kier alpha value is -3.55. The Bertz CT molecular complexity index is 1120. The predicted molar refractivity (Wildman–Crippen MR) is 108 cm³/mol. The third-order valence-electron chi connectivity index (χ3n) is 4.99. The number of ether oxygens (including phenoxy) is 1. The largest absolute Gasteiger partial charge is 0.495 e. The number of likely N-dealkylation sites (N-methyl/N-ethyl adjacent to an activating group) is 1. The Labute approximate surface area is 167 Å². The van der Waals surface area contributed by atoms with Crippen molar-refractivity contribution in [1.82, 2.24) is 9.80 Å². The van der Waals surface area contributed by atoms with E-state index >= 15 is 0 Å². The lowest BCUT2D eigenvalue weighted by Gasteiger charge is -2.14. The first kappa shape index (κ1) is 18.8. The molecule has 1 N–H and O–H groups in total. The van der Waals surface area contributed by atoms with E-state index in [2.05, 4.69) is 5.32 Å². The highest BCUT2D eigenvalue weighted by atomic mass is 16.5. The maximum atomic E-state index is 12.4. The van der Waals surface area contributed by atoms with Crippen LogP contribution in [0.25, 0.3) is 21.9 Å². The Morgan fingerprint density at radius 2 is 1.97 bits per heavy atom. The first-order chi connectivity index (χ1) is 14.0. The van der Waals surface area contributed by atoms with Gasteiger partial charge in [0.15, 0.2) is 0 Å². The molecule has 29 heavy (non-hydrogen) atoms. The number of amides is 4. The molecule has 1 fully saturated rings. The second kappa shape index (κ2) is 7.46. The molecule has 8 heteroatoms. The normalized spacial score (nSPS) is 14.3. The number of urea groups is 1. The van der Waals surface area contributed by atoms with Gasteiger partial charge < -0.3 is 19.4 Å². The average Bonchev–Trinajstić information content (AvgIpc) is 3.18. The molecule has 0 saturated carbocycles. The number of hydrogen-bond donors (Lipinski definition) is 1. The highest BCUT2D eigenvalue weighted by Gasteiger charge is 2.32. The zero-order valence-corrected chi connectivity index (χ0v) is 16.2. The molecule has 0 radical (unpaired) electrons. The van der Waals surface area contributed by atoms with Crippen molar-refractivity contribution < 1.29 is 23.5 Å². The lowest BCUT2D eigenvalue weighted by Crippen LogP contribution is -2.32. The minimum absolute atomic E-state index is 0.0831. The summed E-state index contributed by atoms with van der Waals surface area (Å²) in [6.07, 6.45) is 0.550. The first-order valence-corrected chi connectivity index (χ1v) is 9.32. The summed E-state index contributed by atoms with van der Waals surface area (Å²) in [7, 11) is 3.12. The zero-order valence-electron chi connectivity index (χ0n) is 16.2. The molecule has 4 rings (SSSR count). The van der Waals surface area contributed by atoms with E-state index in [9.17, 15) is 14.4 Å². The molecule has 0 atom stereocenters. The number of para-hydroxylation sites is 1. The van der Waals surface area contributed by atoms with E-state index < -0.39 is 0 Å². The van der Waals surface area contributed by atoms with E-state index in [0.717, 1.165) is 16.4 Å². The minimum Gasteiger partial charge on any atom is -0.495 e. The van der Waals surface area contributed by atoms with E-state index in [4.69, 9.17) is 9.15 Å². The second-order valence-corrected chi connectivity index (χ2v) is 6.98. The number of nitrogens with zero attached hydrogens (tertiary/aromatic N) is 2. The van der Waals surface area contributed by atoms with E-state index in [1.165, 1.54) is 9.80 Å². The SMILES string of the molecule is COc1cc2c(cc1NC(=O)CCCN1C(=O)CN(C)C1=O)oc1ccccc12. The lowest BCUT2D eigenvalue weighted by molar-refractivity contribution is -0.125. The van der Waals surface area contributed by atoms with Gasteiger partial charge in [-0.3, -0.25) is 14.5 Å². The summed E-state index contributed by atoms with van der Waals surface area (Å²) in [5, 5.41) is 4.72. The van der Waals surface area contributed by atoms with Crippen molar-refractivity contribution in [3.8, 4) is 5.75 Å². The van der Waals surface area contributed by atoms with Gasteiger partial charge in [0.2, 0.25) is 11.8 Å². The number of furan rings is 1. The second-order valence-electron chi connectivity index (χ2n) is 6.98. The fraction of sp³-hybridized carbons (Fsp3) is 0.286. The van der Waals surface area contributed by atoms with Crippen LogP contribution in [0.4, 0.5) is 10.5 Å². The number of carbonyl (C=O) groups excluding carboxylic acids is 3. The average molecular weight is 395 g/mol. The monoisotopic (exact) mass is 395 g/mol. The van der Waals surface area contributed by atoms with Crippen molar-refractivity contribution in [3.05, 3.63) is 36.4 Å². The maximum Gasteiger partial charge on any atom is 0.326 e. The highest BCUT2D eigenvalue weighted by molar-refractivity contribution is 6.07. The number of imide groups is 1. The molecule has 2 aromatic carbocycles. The molecule has 1 aromatic heterocycles. The zero-order chi connectivity index (χ0) is 20.5. The molecule has 1 saturated heterocycles. The number of benzene rings is 2. The van der Waals surface area contributed by atoms with Crippen LogP contribution in [0.2, 0.25) is 0 Å². The van der Waals surface area contributed by atoms with Gasteiger partial charge in [-0.05, 0) is 18.6 Å². The number of hydrogen-bond acceptors (Lipinski definition) is 5. The van der Waals surface area contributed by atoms with Gasteiger partial charge in [-0.25, -0.2) is 4.79 Å². The molecular formula is C21H21N3O5. The summed E-state index contributed by atoms with van der Waals surface area (Å²) in [5.74, 6) is 0.0602. The smallest absolute Gasteiger partial charge is 0.326 e. The van der Waals surface area contributed by atoms with Crippen molar-refractivity contribution in [1.29, 1.82) is 0 Å². The molecule has 1 aliphatic heterocycles. The number of rotatable bonds is 6. The van der Waals surface area contributed by atoms with Crippen LogP contribution in [-0.4, -0.2) is 54.9 Å². The van der Waals surface area contributed by atoms with Crippen LogP contribution in [-0.2, 0) is 9.59 Å². The summed E-state index contributed by atoms with van der Waals surface area (Å²) in [6.45, 7) is 0.301. The third-order valence-corrected chi connectivity index (χ3v) is 4.99. The van der Waals surface area contributed by atoms with Crippen LogP contribution >= 0.6 is 0 Å². The molecule has 3 aromatic rings. The molecule has 2 heterocycles. The van der Waals surface area contributed by atoms with Gasteiger partial charge >= 0.3 is 6.03 Å². The molecule has 150 valence electrons. The Morgan fingerprint density at radius 1 is 1.17 bits per heavy atom. The Balaban J connectivity index is 1.45. The Morgan fingerprint density at radius 3 is 2.69 bits per heavy atom. The molecule has 0 spiro atoms. The van der Waals surface area contributed by atoms with Gasteiger partial charge in [-0.1, -0.05) is 18.2 Å². The lowest BCUT2D eigenvalue weighted by atomic mass is 10.1. The van der Waals surface area contributed by atoms with E-state index in [1.807, 2.05) is 30.3 Å². The van der Waals surface area contributed by atoms with Crippen LogP contribution in [0.5, 0.6) is 5.75 Å². The van der Waals surface area contributed by atoms with Crippen LogP contribution in [0, 0.1) is 0 Å². The quantitative estimate of drug-likeness (QED) is 0.647. The third kappa shape index (κ3) is 3.49. The van der Waals surface area contributed by atoms with Gasteiger partial charge in [0, 0.05) is 36.9 Å². The van der Waals surface area contributed by atoms with E-state index in [-0.39, 0.29) is 37.4 Å². The number of fused-ring (bicyclic) bond motifs is 3. The number of nitrogens with one attached hydrogen (secondary N) is 1. The summed E-state index contributed by atoms with van der Waals surface area (Å²) in [4.78, 5) is 38.6. The van der Waals surface area contributed by atoms with Crippen molar-refractivity contribution >= 4 is 45.5 Å². The molecule has 0 aliphatic carbocycles. The van der Waals surface area contributed by atoms with Gasteiger partial charge in [0.1, 0.15) is 23.5 Å². The maximum absolute atomic E-state index is 12.4. The predicted octanol–water partition coefficient (Wildman–Crippen LogP) is 3.21. The molecule has 0 bridgehead atoms. The minimum atomic E-state index is -0.326. The topological polar surface area (TPSA) is 92.1 Å². The number of methoxy groups -OCH3 is 1. The number of carbonyl (C=O) groups is 3. The molecule has 4 amide bonds. The fourth-order valence-electron chi connectivity index (χ4n) is 3.52. The van der Waals surface area contributed by atoms with Gasteiger partial charge in [0.25, 0.3) is 0 Å². The summed E-state index contributed by atoms with van der Waals surface area (Å²) >= 11 is 0. The fourth-order valence-corrected chi connectivity index (χ4v) is 3.52. The summed E-state index contributed by atoms with van der Waals surface area (Å²) in [5.41, 5.74) is 1.92. The van der Waals surface area contributed by atoms with Gasteiger partial charge in [0.05, 0.1) is 12.8 Å². The molecule has 8 nitrogen and oxygen atoms in total. The van der Waals surface area contributed by atoms with Crippen LogP contribution in [0.3, 0.4) is 0 Å². The summed E-state index contributed by atoms with van der Waals surface area (Å²) in [6, 6.07) is 11.0. The van der Waals surface area contributed by atoms with E-state index in [1.54, 1.807) is 20.2 Å². The van der Waals surface area contributed by atoms with Crippen LogP contribution in [0.15, 0.2) is 40.8 Å². The van der Waals surface area contributed by atoms with Crippen molar-refractivity contribution in [3.63, 3.8) is 0 Å². The van der Waals surface area contributed by atoms with Crippen LogP contribution in [0.1, 0.15) is 12.8 Å². The standard InChI is InChI=1S/C21H21N3O5/c1-23-12-20(26)24(21(23)27)9-5-8-19(25)22-15-11-17-14(10-18(15)28-2)13-6-3-4-7-16(13)29-17/h3-4,6-7,10-11H,5,8-9,12H2,1-2H3,(H,22,25). The van der Waals surface area contributed by atoms with Gasteiger partial charge in [-0.15, -0.1) is 0 Å². The highest BCUT2D eigenvalue weighted by Crippen LogP contribution is 2.36. The molecule has 1 aliphatic rings. The van der Waals surface area contributed by atoms with Crippen molar-refractivity contribution in [2.75, 3.05) is 32.6 Å². The van der Waals surface area contributed by atoms with Crippen LogP contribution < -0.4 is 10.1 Å². The molecular weight excluding hydrogens is 374 g/mol. The van der Waals surface area contributed by atoms with Crippen molar-refractivity contribution in [2.24, 2.45) is 0 Å².